The van der Waals surface area contributed by atoms with Gasteiger partial charge in [-0.05, 0) is 49.9 Å². The van der Waals surface area contributed by atoms with Crippen molar-refractivity contribution in [1.82, 2.24) is 19.9 Å². The molecule has 1 fully saturated rings. The first-order valence-corrected chi connectivity index (χ1v) is 14.5. The number of sulfone groups is 1. The molecule has 0 saturated carbocycles. The molecule has 0 aliphatic carbocycles. The van der Waals surface area contributed by atoms with Crippen molar-refractivity contribution in [2.75, 3.05) is 18.9 Å². The molecule has 1 aromatic carbocycles. The van der Waals surface area contributed by atoms with Crippen molar-refractivity contribution >= 4 is 21.2 Å². The molecule has 9 heteroatoms. The summed E-state index contributed by atoms with van der Waals surface area (Å²) in [5.41, 5.74) is 2.14. The standard InChI is InChI=1S/C25H32N4O3S2/c1-3-21-15-23-24(33-21)9-13-32-25(23)10-11-28(19(2)16-25)17-20-18-29(27-26-20)12-14-34(30,31)22-7-5-4-6-8-22/h4-8,15,18-19H,3,9-14,16-17H2,1-2H3/t19-,25+/m0/s1. The quantitative estimate of drug-likeness (QED) is 0.491. The molecule has 7 nitrogen and oxygen atoms in total. The van der Waals surface area contributed by atoms with E-state index in [4.69, 9.17) is 4.74 Å². The van der Waals surface area contributed by atoms with E-state index in [1.54, 1.807) is 28.9 Å². The highest BCUT2D eigenvalue weighted by molar-refractivity contribution is 7.91. The van der Waals surface area contributed by atoms with E-state index in [0.29, 0.717) is 17.5 Å². The zero-order chi connectivity index (χ0) is 23.8. The van der Waals surface area contributed by atoms with E-state index in [1.165, 1.54) is 15.3 Å². The van der Waals surface area contributed by atoms with Crippen molar-refractivity contribution < 1.29 is 13.2 Å². The highest BCUT2D eigenvalue weighted by Crippen LogP contribution is 2.46. The average Bonchev–Trinajstić information content (AvgIpc) is 3.48. The number of benzene rings is 1. The van der Waals surface area contributed by atoms with Gasteiger partial charge < -0.3 is 4.74 Å². The Hall–Kier alpha value is -2.07. The Labute approximate surface area is 205 Å². The summed E-state index contributed by atoms with van der Waals surface area (Å²) in [6, 6.07) is 11.3. The summed E-state index contributed by atoms with van der Waals surface area (Å²) in [7, 11) is -3.34. The van der Waals surface area contributed by atoms with E-state index >= 15 is 0 Å². The number of fused-ring (bicyclic) bond motifs is 2. The molecule has 0 unspecified atom stereocenters. The number of hydrogen-bond donors (Lipinski definition) is 0. The van der Waals surface area contributed by atoms with Crippen molar-refractivity contribution in [3.05, 3.63) is 63.6 Å². The molecule has 1 saturated heterocycles. The van der Waals surface area contributed by atoms with Gasteiger partial charge in [-0.2, -0.15) is 0 Å². The van der Waals surface area contributed by atoms with Crippen molar-refractivity contribution in [3.63, 3.8) is 0 Å². The molecule has 0 radical (unpaired) electrons. The molecule has 3 aromatic rings. The Balaban J connectivity index is 1.21. The molecule has 0 amide bonds. The van der Waals surface area contributed by atoms with Gasteiger partial charge in [-0.3, -0.25) is 9.58 Å². The fourth-order valence-electron chi connectivity index (χ4n) is 5.20. The summed E-state index contributed by atoms with van der Waals surface area (Å²) in [6.07, 6.45) is 5.94. The Morgan fingerprint density at radius 2 is 2.09 bits per heavy atom. The van der Waals surface area contributed by atoms with Crippen molar-refractivity contribution in [2.24, 2.45) is 0 Å². The van der Waals surface area contributed by atoms with Gasteiger partial charge in [-0.1, -0.05) is 30.3 Å². The van der Waals surface area contributed by atoms with Crippen LogP contribution in [0.2, 0.25) is 0 Å². The minimum absolute atomic E-state index is 0.00249. The van der Waals surface area contributed by atoms with E-state index in [2.05, 4.69) is 35.1 Å². The third kappa shape index (κ3) is 4.71. The number of nitrogens with zero attached hydrogens (tertiary/aromatic N) is 4. The van der Waals surface area contributed by atoms with Gasteiger partial charge in [0.15, 0.2) is 9.84 Å². The molecule has 2 atom stereocenters. The first-order valence-electron chi connectivity index (χ1n) is 12.1. The number of hydrogen-bond acceptors (Lipinski definition) is 7. The van der Waals surface area contributed by atoms with Crippen molar-refractivity contribution in [2.45, 2.75) is 69.2 Å². The fraction of sp³-hybridized carbons (Fsp3) is 0.520. The van der Waals surface area contributed by atoms with Crippen LogP contribution >= 0.6 is 11.3 Å². The van der Waals surface area contributed by atoms with Crippen LogP contribution in [-0.4, -0.2) is 53.3 Å². The normalized spacial score (nSPS) is 23.3. The molecule has 0 bridgehead atoms. The molecule has 2 aliphatic heterocycles. The number of rotatable bonds is 7. The fourth-order valence-corrected chi connectivity index (χ4v) is 7.61. The van der Waals surface area contributed by atoms with Crippen LogP contribution in [0.15, 0.2) is 47.5 Å². The first-order chi connectivity index (χ1) is 16.4. The van der Waals surface area contributed by atoms with Crippen LogP contribution < -0.4 is 0 Å². The lowest BCUT2D eigenvalue weighted by Crippen LogP contribution is -2.50. The van der Waals surface area contributed by atoms with E-state index < -0.39 is 9.84 Å². The number of piperidine rings is 1. The van der Waals surface area contributed by atoms with Crippen LogP contribution in [0.25, 0.3) is 0 Å². The molecular weight excluding hydrogens is 468 g/mol. The molecule has 4 heterocycles. The van der Waals surface area contributed by atoms with E-state index in [9.17, 15) is 8.42 Å². The summed E-state index contributed by atoms with van der Waals surface area (Å²) in [6.45, 7) is 7.23. The number of ether oxygens (including phenoxy) is 1. The minimum Gasteiger partial charge on any atom is -0.370 e. The maximum atomic E-state index is 12.5. The number of thiophene rings is 1. The van der Waals surface area contributed by atoms with E-state index in [0.717, 1.165) is 44.5 Å². The molecule has 2 aromatic heterocycles. The first kappa shape index (κ1) is 23.7. The topological polar surface area (TPSA) is 77.3 Å². The molecule has 34 heavy (non-hydrogen) atoms. The zero-order valence-corrected chi connectivity index (χ0v) is 21.4. The van der Waals surface area contributed by atoms with E-state index in [1.807, 2.05) is 23.6 Å². The smallest absolute Gasteiger partial charge is 0.180 e. The second kappa shape index (κ2) is 9.53. The maximum Gasteiger partial charge on any atom is 0.180 e. The van der Waals surface area contributed by atoms with Gasteiger partial charge in [-0.15, -0.1) is 16.4 Å². The summed E-state index contributed by atoms with van der Waals surface area (Å²) in [5.74, 6) is 0.00249. The highest BCUT2D eigenvalue weighted by Gasteiger charge is 2.44. The van der Waals surface area contributed by atoms with Gasteiger partial charge >= 0.3 is 0 Å². The van der Waals surface area contributed by atoms with Gasteiger partial charge in [0, 0.05) is 41.5 Å². The lowest BCUT2D eigenvalue weighted by Gasteiger charge is -2.47. The second-order valence-electron chi connectivity index (χ2n) is 9.37. The summed E-state index contributed by atoms with van der Waals surface area (Å²) in [4.78, 5) is 5.74. The summed E-state index contributed by atoms with van der Waals surface area (Å²) < 4.78 is 33.2. The Kier molecular flexibility index (Phi) is 6.63. The van der Waals surface area contributed by atoms with Crippen LogP contribution in [0.4, 0.5) is 0 Å². The predicted octanol–water partition coefficient (Wildman–Crippen LogP) is 3.83. The largest absolute Gasteiger partial charge is 0.370 e. The van der Waals surface area contributed by atoms with Gasteiger partial charge in [0.2, 0.25) is 0 Å². The monoisotopic (exact) mass is 500 g/mol. The molecule has 2 aliphatic rings. The molecule has 5 rings (SSSR count). The lowest BCUT2D eigenvalue weighted by molar-refractivity contribution is -0.112. The molecule has 182 valence electrons. The second-order valence-corrected chi connectivity index (χ2v) is 12.7. The lowest BCUT2D eigenvalue weighted by atomic mass is 9.79. The van der Waals surface area contributed by atoms with Gasteiger partial charge in [0.1, 0.15) is 0 Å². The van der Waals surface area contributed by atoms with Gasteiger partial charge in [0.05, 0.1) is 35.1 Å². The van der Waals surface area contributed by atoms with Crippen molar-refractivity contribution in [3.8, 4) is 0 Å². The Morgan fingerprint density at radius 1 is 1.26 bits per heavy atom. The van der Waals surface area contributed by atoms with Crippen LogP contribution in [0, 0.1) is 0 Å². The molecular formula is C25H32N4O3S2. The maximum absolute atomic E-state index is 12.5. The van der Waals surface area contributed by atoms with Crippen molar-refractivity contribution in [1.29, 1.82) is 0 Å². The van der Waals surface area contributed by atoms with Crippen LogP contribution in [-0.2, 0) is 46.1 Å². The average molecular weight is 501 g/mol. The SMILES string of the molecule is CCc1cc2c(s1)CCO[C@@]21CCN(Cc2cn(CCS(=O)(=O)c3ccccc3)nn2)[C@@H](C)C1. The summed E-state index contributed by atoms with van der Waals surface area (Å²) in [5, 5.41) is 8.50. The number of likely N-dealkylation sites (tertiary alicyclic amines) is 1. The highest BCUT2D eigenvalue weighted by atomic mass is 32.2. The van der Waals surface area contributed by atoms with Gasteiger partial charge in [0.25, 0.3) is 0 Å². The minimum atomic E-state index is -3.34. The van der Waals surface area contributed by atoms with Crippen LogP contribution in [0.3, 0.4) is 0 Å². The van der Waals surface area contributed by atoms with Crippen LogP contribution in [0.5, 0.6) is 0 Å². The third-order valence-electron chi connectivity index (χ3n) is 7.10. The summed E-state index contributed by atoms with van der Waals surface area (Å²) >= 11 is 1.96. The number of aromatic nitrogens is 3. The molecule has 1 spiro atoms. The Bertz CT molecular complexity index is 1240. The van der Waals surface area contributed by atoms with E-state index in [-0.39, 0.29) is 17.9 Å². The predicted molar refractivity (Wildman–Crippen MR) is 133 cm³/mol. The Morgan fingerprint density at radius 3 is 2.85 bits per heavy atom. The molecule has 0 N–H and O–H groups in total. The third-order valence-corrected chi connectivity index (χ3v) is 10.2. The van der Waals surface area contributed by atoms with Crippen LogP contribution in [0.1, 0.15) is 47.7 Å². The number of aryl methyl sites for hydroxylation is 2. The van der Waals surface area contributed by atoms with Gasteiger partial charge in [-0.25, -0.2) is 8.42 Å². The zero-order valence-electron chi connectivity index (χ0n) is 19.8.